The Kier molecular flexibility index (Phi) is 7.94. The van der Waals surface area contributed by atoms with Gasteiger partial charge < -0.3 is 25.2 Å². The van der Waals surface area contributed by atoms with Crippen LogP contribution >= 0.6 is 0 Å². The van der Waals surface area contributed by atoms with Crippen LogP contribution < -0.4 is 20.3 Å². The Morgan fingerprint density at radius 3 is 2.50 bits per heavy atom. The number of piperazine rings is 1. The van der Waals surface area contributed by atoms with Crippen molar-refractivity contribution in [1.82, 2.24) is 15.5 Å². The van der Waals surface area contributed by atoms with E-state index in [4.69, 9.17) is 4.74 Å². The van der Waals surface area contributed by atoms with Gasteiger partial charge in [-0.3, -0.25) is 4.79 Å². The van der Waals surface area contributed by atoms with E-state index in [0.29, 0.717) is 6.54 Å². The van der Waals surface area contributed by atoms with Crippen molar-refractivity contribution in [3.05, 3.63) is 60.2 Å². The maximum atomic E-state index is 12.2. The highest BCUT2D eigenvalue weighted by Gasteiger charge is 2.20. The predicted octanol–water partition coefficient (Wildman–Crippen LogP) is 2.10. The van der Waals surface area contributed by atoms with Gasteiger partial charge in [0.1, 0.15) is 12.3 Å². The number of carbonyl (C=O) groups is 1. The van der Waals surface area contributed by atoms with Gasteiger partial charge in [0, 0.05) is 51.0 Å². The molecular weight excluding hydrogens is 378 g/mol. The molecule has 0 aromatic heterocycles. The average Bonchev–Trinajstić information content (AvgIpc) is 2.81. The maximum Gasteiger partial charge on any atom is 0.242 e. The number of hydrogen-bond donors (Lipinski definition) is 2. The van der Waals surface area contributed by atoms with Crippen LogP contribution in [0.15, 0.2) is 59.6 Å². The number of methoxy groups -OCH3 is 1. The SMILES string of the molecule is CCNC(=NCC(=O)NCc1ccccc1)N1CCN(c2cccc(OC)c2)CC1. The fourth-order valence-electron chi connectivity index (χ4n) is 3.41. The Bertz CT molecular complexity index is 832. The summed E-state index contributed by atoms with van der Waals surface area (Å²) in [5.41, 5.74) is 2.24. The van der Waals surface area contributed by atoms with Crippen LogP contribution in [0, 0.1) is 0 Å². The normalized spacial score (nSPS) is 14.4. The fraction of sp³-hybridized carbons (Fsp3) is 0.391. The van der Waals surface area contributed by atoms with Gasteiger partial charge in [-0.25, -0.2) is 4.99 Å². The van der Waals surface area contributed by atoms with Crippen molar-refractivity contribution in [3.63, 3.8) is 0 Å². The third-order valence-corrected chi connectivity index (χ3v) is 5.04. The Morgan fingerprint density at radius 2 is 1.80 bits per heavy atom. The lowest BCUT2D eigenvalue weighted by Crippen LogP contribution is -2.52. The number of nitrogens with zero attached hydrogens (tertiary/aromatic N) is 3. The molecule has 1 aliphatic rings. The Morgan fingerprint density at radius 1 is 1.03 bits per heavy atom. The zero-order valence-corrected chi connectivity index (χ0v) is 17.8. The third-order valence-electron chi connectivity index (χ3n) is 5.04. The molecule has 30 heavy (non-hydrogen) atoms. The first-order valence-electron chi connectivity index (χ1n) is 10.4. The molecule has 0 aliphatic carbocycles. The number of guanidine groups is 1. The minimum Gasteiger partial charge on any atom is -0.497 e. The van der Waals surface area contributed by atoms with Gasteiger partial charge in [0.05, 0.1) is 7.11 Å². The molecule has 7 nitrogen and oxygen atoms in total. The van der Waals surface area contributed by atoms with Gasteiger partial charge in [-0.2, -0.15) is 0 Å². The van der Waals surface area contributed by atoms with Crippen LogP contribution in [-0.4, -0.2) is 63.1 Å². The molecule has 1 heterocycles. The van der Waals surface area contributed by atoms with E-state index >= 15 is 0 Å². The molecule has 0 saturated carbocycles. The molecule has 0 atom stereocenters. The molecule has 160 valence electrons. The molecule has 0 spiro atoms. The number of carbonyl (C=O) groups excluding carboxylic acids is 1. The molecule has 2 aromatic carbocycles. The largest absolute Gasteiger partial charge is 0.497 e. The summed E-state index contributed by atoms with van der Waals surface area (Å²) in [5, 5.41) is 6.24. The quantitative estimate of drug-likeness (QED) is 0.541. The first-order valence-corrected chi connectivity index (χ1v) is 10.4. The van der Waals surface area contributed by atoms with Crippen molar-refractivity contribution < 1.29 is 9.53 Å². The lowest BCUT2D eigenvalue weighted by molar-refractivity contribution is -0.119. The summed E-state index contributed by atoms with van der Waals surface area (Å²) in [7, 11) is 1.69. The summed E-state index contributed by atoms with van der Waals surface area (Å²) in [4.78, 5) is 21.3. The van der Waals surface area contributed by atoms with Gasteiger partial charge in [0.2, 0.25) is 5.91 Å². The van der Waals surface area contributed by atoms with Crippen molar-refractivity contribution in [2.24, 2.45) is 4.99 Å². The molecule has 7 heteroatoms. The number of rotatable bonds is 7. The van der Waals surface area contributed by atoms with Crippen LogP contribution in [0.25, 0.3) is 0 Å². The maximum absolute atomic E-state index is 12.2. The summed E-state index contributed by atoms with van der Waals surface area (Å²) in [6.07, 6.45) is 0. The zero-order valence-electron chi connectivity index (χ0n) is 17.8. The molecule has 0 radical (unpaired) electrons. The standard InChI is InChI=1S/C23H31N5O2/c1-3-24-23(26-18-22(29)25-17-19-8-5-4-6-9-19)28-14-12-27(13-15-28)20-10-7-11-21(16-20)30-2/h4-11,16H,3,12-15,17-18H2,1-2H3,(H,24,26)(H,25,29). The van der Waals surface area contributed by atoms with E-state index in [1.54, 1.807) is 7.11 Å². The molecule has 2 N–H and O–H groups in total. The van der Waals surface area contributed by atoms with E-state index in [2.05, 4.69) is 37.6 Å². The summed E-state index contributed by atoms with van der Waals surface area (Å²) < 4.78 is 5.34. The van der Waals surface area contributed by atoms with Crippen molar-refractivity contribution in [1.29, 1.82) is 0 Å². The average molecular weight is 410 g/mol. The number of anilines is 1. The number of benzene rings is 2. The van der Waals surface area contributed by atoms with Crippen LogP contribution in [0.5, 0.6) is 5.75 Å². The molecule has 0 bridgehead atoms. The van der Waals surface area contributed by atoms with E-state index in [1.807, 2.05) is 49.4 Å². The lowest BCUT2D eigenvalue weighted by Gasteiger charge is -2.37. The van der Waals surface area contributed by atoms with E-state index in [-0.39, 0.29) is 12.5 Å². The topological polar surface area (TPSA) is 69.2 Å². The second-order valence-electron chi connectivity index (χ2n) is 7.11. The minimum atomic E-state index is -0.0794. The van der Waals surface area contributed by atoms with E-state index < -0.39 is 0 Å². The number of ether oxygens (including phenoxy) is 1. The molecule has 1 saturated heterocycles. The summed E-state index contributed by atoms with van der Waals surface area (Å²) >= 11 is 0. The van der Waals surface area contributed by atoms with Crippen molar-refractivity contribution in [2.75, 3.05) is 51.3 Å². The molecule has 2 aromatic rings. The minimum absolute atomic E-state index is 0.0794. The monoisotopic (exact) mass is 409 g/mol. The van der Waals surface area contributed by atoms with Gasteiger partial charge in [0.25, 0.3) is 0 Å². The summed E-state index contributed by atoms with van der Waals surface area (Å²) in [6.45, 7) is 6.90. The molecular formula is C23H31N5O2. The smallest absolute Gasteiger partial charge is 0.242 e. The Labute approximate surface area is 178 Å². The number of nitrogens with one attached hydrogen (secondary N) is 2. The van der Waals surface area contributed by atoms with E-state index in [1.165, 1.54) is 0 Å². The molecule has 1 aliphatic heterocycles. The Hall–Kier alpha value is -3.22. The van der Waals surface area contributed by atoms with Crippen LogP contribution in [0.2, 0.25) is 0 Å². The van der Waals surface area contributed by atoms with Gasteiger partial charge >= 0.3 is 0 Å². The van der Waals surface area contributed by atoms with Crippen molar-refractivity contribution in [2.45, 2.75) is 13.5 Å². The van der Waals surface area contributed by atoms with Crippen LogP contribution in [-0.2, 0) is 11.3 Å². The zero-order chi connectivity index (χ0) is 21.2. The van der Waals surface area contributed by atoms with E-state index in [9.17, 15) is 4.79 Å². The molecule has 1 amide bonds. The fourth-order valence-corrected chi connectivity index (χ4v) is 3.41. The third kappa shape index (κ3) is 6.14. The van der Waals surface area contributed by atoms with Gasteiger partial charge in [-0.15, -0.1) is 0 Å². The summed E-state index contributed by atoms with van der Waals surface area (Å²) in [6, 6.07) is 18.0. The van der Waals surface area contributed by atoms with Gasteiger partial charge in [0.15, 0.2) is 5.96 Å². The van der Waals surface area contributed by atoms with Gasteiger partial charge in [-0.1, -0.05) is 36.4 Å². The highest BCUT2D eigenvalue weighted by Crippen LogP contribution is 2.22. The van der Waals surface area contributed by atoms with Crippen molar-refractivity contribution in [3.8, 4) is 5.75 Å². The van der Waals surface area contributed by atoms with Crippen LogP contribution in [0.4, 0.5) is 5.69 Å². The molecule has 0 unspecified atom stereocenters. The van der Waals surface area contributed by atoms with Gasteiger partial charge in [-0.05, 0) is 24.6 Å². The second-order valence-corrected chi connectivity index (χ2v) is 7.11. The first kappa shape index (κ1) is 21.5. The lowest BCUT2D eigenvalue weighted by atomic mass is 10.2. The van der Waals surface area contributed by atoms with Crippen molar-refractivity contribution >= 4 is 17.6 Å². The molecule has 3 rings (SSSR count). The highest BCUT2D eigenvalue weighted by molar-refractivity contribution is 5.85. The van der Waals surface area contributed by atoms with Crippen LogP contribution in [0.1, 0.15) is 12.5 Å². The molecule has 1 fully saturated rings. The summed E-state index contributed by atoms with van der Waals surface area (Å²) in [5.74, 6) is 1.58. The highest BCUT2D eigenvalue weighted by atomic mass is 16.5. The number of hydrogen-bond acceptors (Lipinski definition) is 4. The number of aliphatic imine (C=N–C) groups is 1. The Balaban J connectivity index is 1.52. The van der Waals surface area contributed by atoms with E-state index in [0.717, 1.165) is 55.7 Å². The second kappa shape index (κ2) is 11.1. The van der Waals surface area contributed by atoms with Crippen LogP contribution in [0.3, 0.4) is 0 Å². The first-order chi connectivity index (χ1) is 14.7. The number of amides is 1. The predicted molar refractivity (Wildman–Crippen MR) is 121 cm³/mol.